The lowest BCUT2D eigenvalue weighted by atomic mass is 10.1. The topological polar surface area (TPSA) is 95.1 Å². The van der Waals surface area contributed by atoms with E-state index in [4.69, 9.17) is 4.52 Å². The monoisotopic (exact) mass is 458 g/mol. The molecule has 0 atom stereocenters. The third kappa shape index (κ3) is 4.68. The van der Waals surface area contributed by atoms with Crippen LogP contribution in [0.3, 0.4) is 0 Å². The number of aryl methyl sites for hydroxylation is 1. The minimum absolute atomic E-state index is 0.0907. The fraction of sp³-hybridized carbons (Fsp3) is 0.320. The summed E-state index contributed by atoms with van der Waals surface area (Å²) in [6.45, 7) is 4.69. The van der Waals surface area contributed by atoms with Crippen molar-refractivity contribution in [1.29, 1.82) is 0 Å². The Morgan fingerprint density at radius 1 is 0.971 bits per heavy atom. The van der Waals surface area contributed by atoms with Crippen LogP contribution < -0.4 is 4.90 Å². The summed E-state index contributed by atoms with van der Waals surface area (Å²) >= 11 is 0. The summed E-state index contributed by atoms with van der Waals surface area (Å²) in [6.07, 6.45) is 0.644. The standard InChI is InChI=1S/C25H26N6O3/c1-18-7-9-20(10-8-18)29-13-15-30(16-14-29)23(33)17-31-22(32)12-11-21(27-31)25-26-24(28-34-25)19-5-3-2-4-6-19/h2-10H,11-17H2,1H3. The van der Waals surface area contributed by atoms with Gasteiger partial charge in [0.25, 0.3) is 5.89 Å². The summed E-state index contributed by atoms with van der Waals surface area (Å²) in [7, 11) is 0. The van der Waals surface area contributed by atoms with Crippen molar-refractivity contribution < 1.29 is 14.1 Å². The molecule has 0 radical (unpaired) electrons. The average molecular weight is 459 g/mol. The van der Waals surface area contributed by atoms with Gasteiger partial charge in [0, 0.05) is 50.3 Å². The first kappa shape index (κ1) is 21.8. The maximum atomic E-state index is 12.9. The van der Waals surface area contributed by atoms with E-state index in [2.05, 4.69) is 51.3 Å². The number of hydrogen-bond donors (Lipinski definition) is 0. The molecule has 5 rings (SSSR count). The third-order valence-corrected chi connectivity index (χ3v) is 6.13. The fourth-order valence-corrected chi connectivity index (χ4v) is 4.12. The number of carbonyl (C=O) groups is 2. The van der Waals surface area contributed by atoms with Gasteiger partial charge >= 0.3 is 0 Å². The molecule has 9 nitrogen and oxygen atoms in total. The predicted octanol–water partition coefficient (Wildman–Crippen LogP) is 2.72. The van der Waals surface area contributed by atoms with Crippen molar-refractivity contribution >= 4 is 23.2 Å². The minimum atomic E-state index is -0.182. The van der Waals surface area contributed by atoms with E-state index in [1.807, 2.05) is 30.3 Å². The van der Waals surface area contributed by atoms with Crippen molar-refractivity contribution in [3.63, 3.8) is 0 Å². The van der Waals surface area contributed by atoms with Crippen LogP contribution in [0.2, 0.25) is 0 Å². The van der Waals surface area contributed by atoms with Gasteiger partial charge in [0.05, 0.1) is 0 Å². The molecule has 1 aromatic heterocycles. The zero-order chi connectivity index (χ0) is 23.5. The number of hydrazone groups is 1. The molecule has 9 heteroatoms. The van der Waals surface area contributed by atoms with Crippen LogP contribution in [0, 0.1) is 6.92 Å². The number of benzene rings is 2. The van der Waals surface area contributed by atoms with Crippen molar-refractivity contribution in [2.45, 2.75) is 19.8 Å². The van der Waals surface area contributed by atoms with Gasteiger partial charge in [0.1, 0.15) is 12.3 Å². The first-order chi connectivity index (χ1) is 16.6. The summed E-state index contributed by atoms with van der Waals surface area (Å²) in [6, 6.07) is 17.9. The van der Waals surface area contributed by atoms with Gasteiger partial charge in [0.2, 0.25) is 17.6 Å². The zero-order valence-electron chi connectivity index (χ0n) is 19.1. The molecule has 34 heavy (non-hydrogen) atoms. The molecule has 2 aliphatic heterocycles. The number of nitrogens with zero attached hydrogens (tertiary/aromatic N) is 6. The number of hydrogen-bond acceptors (Lipinski definition) is 7. The summed E-state index contributed by atoms with van der Waals surface area (Å²) in [4.78, 5) is 33.9. The zero-order valence-corrected chi connectivity index (χ0v) is 19.1. The van der Waals surface area contributed by atoms with Crippen molar-refractivity contribution in [3.8, 4) is 11.4 Å². The predicted molar refractivity (Wildman–Crippen MR) is 127 cm³/mol. The largest absolute Gasteiger partial charge is 0.368 e. The second kappa shape index (κ2) is 9.46. The minimum Gasteiger partial charge on any atom is -0.368 e. The Morgan fingerprint density at radius 2 is 1.71 bits per heavy atom. The highest BCUT2D eigenvalue weighted by molar-refractivity contribution is 6.01. The Hall–Kier alpha value is -4.01. The van der Waals surface area contributed by atoms with Crippen LogP contribution in [0.15, 0.2) is 64.2 Å². The Bertz CT molecular complexity index is 1200. The van der Waals surface area contributed by atoms with Crippen molar-refractivity contribution in [2.75, 3.05) is 37.6 Å². The number of aromatic nitrogens is 2. The van der Waals surface area contributed by atoms with E-state index in [-0.39, 0.29) is 30.7 Å². The van der Waals surface area contributed by atoms with E-state index in [9.17, 15) is 9.59 Å². The Morgan fingerprint density at radius 3 is 2.44 bits per heavy atom. The number of piperazine rings is 1. The normalized spacial score (nSPS) is 16.6. The van der Waals surface area contributed by atoms with Gasteiger partial charge in [-0.1, -0.05) is 53.2 Å². The van der Waals surface area contributed by atoms with E-state index >= 15 is 0 Å². The van der Waals surface area contributed by atoms with E-state index in [0.717, 1.165) is 24.3 Å². The lowest BCUT2D eigenvalue weighted by Gasteiger charge is -2.36. The lowest BCUT2D eigenvalue weighted by Crippen LogP contribution is -2.51. The molecule has 0 N–H and O–H groups in total. The first-order valence-electron chi connectivity index (χ1n) is 11.4. The highest BCUT2D eigenvalue weighted by atomic mass is 16.5. The molecule has 0 bridgehead atoms. The summed E-state index contributed by atoms with van der Waals surface area (Å²) in [5.74, 6) is 0.440. The van der Waals surface area contributed by atoms with Crippen molar-refractivity contribution in [3.05, 3.63) is 66.1 Å². The van der Waals surface area contributed by atoms with Gasteiger partial charge in [-0.2, -0.15) is 10.1 Å². The second-order valence-electron chi connectivity index (χ2n) is 8.49. The highest BCUT2D eigenvalue weighted by Gasteiger charge is 2.29. The highest BCUT2D eigenvalue weighted by Crippen LogP contribution is 2.20. The maximum Gasteiger partial charge on any atom is 0.274 e. The van der Waals surface area contributed by atoms with Gasteiger partial charge in [0.15, 0.2) is 0 Å². The molecule has 3 heterocycles. The fourth-order valence-electron chi connectivity index (χ4n) is 4.12. The Balaban J connectivity index is 1.22. The molecule has 2 aromatic carbocycles. The van der Waals surface area contributed by atoms with Gasteiger partial charge in [-0.15, -0.1) is 0 Å². The molecular weight excluding hydrogens is 432 g/mol. The maximum absolute atomic E-state index is 12.9. The van der Waals surface area contributed by atoms with E-state index in [1.165, 1.54) is 10.6 Å². The van der Waals surface area contributed by atoms with Crippen LogP contribution in [0.1, 0.15) is 24.3 Å². The SMILES string of the molecule is Cc1ccc(N2CCN(C(=O)CN3N=C(c4nc(-c5ccccc5)no4)CCC3=O)CC2)cc1. The van der Waals surface area contributed by atoms with E-state index < -0.39 is 0 Å². The van der Waals surface area contributed by atoms with Crippen LogP contribution >= 0.6 is 0 Å². The van der Waals surface area contributed by atoms with Crippen LogP contribution in [-0.4, -0.2) is 70.3 Å². The molecule has 0 spiro atoms. The van der Waals surface area contributed by atoms with Gasteiger partial charge in [-0.05, 0) is 19.1 Å². The summed E-state index contributed by atoms with van der Waals surface area (Å²) < 4.78 is 5.39. The average Bonchev–Trinajstić information content (AvgIpc) is 3.37. The number of rotatable bonds is 5. The van der Waals surface area contributed by atoms with Crippen molar-refractivity contribution in [2.24, 2.45) is 5.10 Å². The number of amides is 2. The molecule has 2 amide bonds. The molecule has 1 saturated heterocycles. The molecular formula is C25H26N6O3. The molecule has 0 aliphatic carbocycles. The summed E-state index contributed by atoms with van der Waals surface area (Å²) in [5, 5.41) is 9.65. The van der Waals surface area contributed by atoms with Gasteiger partial charge < -0.3 is 14.3 Å². The molecule has 0 unspecified atom stereocenters. The van der Waals surface area contributed by atoms with Gasteiger partial charge in [-0.25, -0.2) is 5.01 Å². The van der Waals surface area contributed by atoms with Gasteiger partial charge in [-0.3, -0.25) is 9.59 Å². The second-order valence-corrected chi connectivity index (χ2v) is 8.49. The number of anilines is 1. The van der Waals surface area contributed by atoms with Crippen LogP contribution in [0.5, 0.6) is 0 Å². The van der Waals surface area contributed by atoms with E-state index in [1.54, 1.807) is 4.90 Å². The smallest absolute Gasteiger partial charge is 0.274 e. The molecule has 2 aliphatic rings. The van der Waals surface area contributed by atoms with Crippen LogP contribution in [0.25, 0.3) is 11.4 Å². The Labute approximate surface area is 197 Å². The lowest BCUT2D eigenvalue weighted by molar-refractivity contribution is -0.141. The number of carbonyl (C=O) groups excluding carboxylic acids is 2. The van der Waals surface area contributed by atoms with Crippen molar-refractivity contribution in [1.82, 2.24) is 20.0 Å². The molecule has 174 valence electrons. The first-order valence-corrected chi connectivity index (χ1v) is 11.4. The van der Waals surface area contributed by atoms with E-state index in [0.29, 0.717) is 31.0 Å². The van der Waals surface area contributed by atoms with Crippen LogP contribution in [0.4, 0.5) is 5.69 Å². The molecule has 3 aromatic rings. The molecule has 1 fully saturated rings. The van der Waals surface area contributed by atoms with Crippen LogP contribution in [-0.2, 0) is 9.59 Å². The summed E-state index contributed by atoms with van der Waals surface area (Å²) in [5.41, 5.74) is 3.74. The Kier molecular flexibility index (Phi) is 6.07. The third-order valence-electron chi connectivity index (χ3n) is 6.13. The quantitative estimate of drug-likeness (QED) is 0.584. The molecule has 0 saturated carbocycles.